The van der Waals surface area contributed by atoms with Crippen molar-refractivity contribution in [2.45, 2.75) is 30.9 Å². The summed E-state index contributed by atoms with van der Waals surface area (Å²) in [4.78, 5) is 43.0. The fourth-order valence-corrected chi connectivity index (χ4v) is 4.61. The summed E-state index contributed by atoms with van der Waals surface area (Å²) in [5.41, 5.74) is 1.08. The Kier molecular flexibility index (Phi) is 6.71. The lowest BCUT2D eigenvalue weighted by atomic mass is 10.2. The fraction of sp³-hybridized carbons (Fsp3) is 0.364. The minimum absolute atomic E-state index is 0.0688. The number of likely N-dealkylation sites (tertiary alicyclic amines) is 1. The van der Waals surface area contributed by atoms with Crippen LogP contribution in [0.1, 0.15) is 35.4 Å². The number of amidine groups is 1. The monoisotopic (exact) mass is 440 g/mol. The number of hydrogen-bond acceptors (Lipinski definition) is 6. The maximum absolute atomic E-state index is 12.4. The minimum atomic E-state index is -0.477. The molecule has 1 saturated heterocycles. The van der Waals surface area contributed by atoms with Gasteiger partial charge in [0.05, 0.1) is 6.26 Å². The molecule has 4 rings (SSSR count). The summed E-state index contributed by atoms with van der Waals surface area (Å²) < 4.78 is 5.24. The highest BCUT2D eigenvalue weighted by molar-refractivity contribution is 8.15. The number of benzene rings is 1. The summed E-state index contributed by atoms with van der Waals surface area (Å²) in [5.74, 6) is 0.127. The first kappa shape index (κ1) is 21.2. The van der Waals surface area contributed by atoms with E-state index in [9.17, 15) is 14.4 Å². The lowest BCUT2D eigenvalue weighted by molar-refractivity contribution is -0.121. The van der Waals surface area contributed by atoms with Gasteiger partial charge >= 0.3 is 0 Å². The number of nitrogens with zero attached hydrogens (tertiary/aromatic N) is 2. The van der Waals surface area contributed by atoms with E-state index >= 15 is 0 Å². The van der Waals surface area contributed by atoms with Crippen LogP contribution in [0.5, 0.6) is 0 Å². The number of amides is 3. The Balaban J connectivity index is 1.22. The molecule has 2 aliphatic heterocycles. The van der Waals surface area contributed by atoms with Crippen LogP contribution < -0.4 is 10.6 Å². The van der Waals surface area contributed by atoms with Gasteiger partial charge in [0.2, 0.25) is 5.91 Å². The van der Waals surface area contributed by atoms with Gasteiger partial charge in [0.1, 0.15) is 11.0 Å². The van der Waals surface area contributed by atoms with Gasteiger partial charge in [-0.1, -0.05) is 11.8 Å². The molecule has 0 aliphatic carbocycles. The van der Waals surface area contributed by atoms with E-state index in [1.165, 1.54) is 11.8 Å². The van der Waals surface area contributed by atoms with E-state index in [4.69, 9.17) is 4.42 Å². The Morgan fingerprint density at radius 1 is 1.16 bits per heavy atom. The van der Waals surface area contributed by atoms with Gasteiger partial charge in [-0.05, 0) is 49.2 Å². The van der Waals surface area contributed by atoms with Crippen LogP contribution in [0.2, 0.25) is 0 Å². The summed E-state index contributed by atoms with van der Waals surface area (Å²) in [6.45, 7) is 2.31. The number of anilines is 1. The van der Waals surface area contributed by atoms with Crippen molar-refractivity contribution in [1.82, 2.24) is 10.2 Å². The Morgan fingerprint density at radius 2 is 1.94 bits per heavy atom. The molecule has 2 N–H and O–H groups in total. The van der Waals surface area contributed by atoms with Crippen molar-refractivity contribution in [2.24, 2.45) is 4.99 Å². The average molecular weight is 441 g/mol. The van der Waals surface area contributed by atoms with Crippen molar-refractivity contribution in [1.29, 1.82) is 0 Å². The molecule has 3 heterocycles. The van der Waals surface area contributed by atoms with Crippen LogP contribution in [-0.2, 0) is 16.0 Å². The van der Waals surface area contributed by atoms with Crippen LogP contribution in [0, 0.1) is 0 Å². The molecule has 2 aliphatic rings. The average Bonchev–Trinajstić information content (AvgIpc) is 3.52. The van der Waals surface area contributed by atoms with E-state index in [0.717, 1.165) is 36.9 Å². The van der Waals surface area contributed by atoms with E-state index in [2.05, 4.69) is 20.5 Å². The van der Waals surface area contributed by atoms with Crippen LogP contribution in [0.25, 0.3) is 0 Å². The first-order valence-electron chi connectivity index (χ1n) is 10.3. The molecule has 1 atom stereocenters. The van der Waals surface area contributed by atoms with Crippen LogP contribution in [-0.4, -0.2) is 52.7 Å². The van der Waals surface area contributed by atoms with Gasteiger partial charge < -0.3 is 20.0 Å². The number of aliphatic imine (C=N–C) groups is 1. The third kappa shape index (κ3) is 5.55. The molecule has 1 aromatic carbocycles. The molecular weight excluding hydrogens is 416 g/mol. The number of carbonyl (C=O) groups is 3. The lowest BCUT2D eigenvalue weighted by Crippen LogP contribution is -2.26. The third-order valence-electron chi connectivity index (χ3n) is 5.14. The number of rotatable bonds is 7. The van der Waals surface area contributed by atoms with Crippen molar-refractivity contribution in [3.05, 3.63) is 54.0 Å². The lowest BCUT2D eigenvalue weighted by Gasteiger charge is -2.16. The summed E-state index contributed by atoms with van der Waals surface area (Å²) in [7, 11) is 0. The quantitative estimate of drug-likeness (QED) is 0.686. The molecule has 162 valence electrons. The number of nitrogens with one attached hydrogen (secondary N) is 2. The topological polar surface area (TPSA) is 104 Å². The Morgan fingerprint density at radius 3 is 2.65 bits per heavy atom. The maximum Gasteiger partial charge on any atom is 0.262 e. The van der Waals surface area contributed by atoms with Gasteiger partial charge in [0.25, 0.3) is 11.8 Å². The van der Waals surface area contributed by atoms with Crippen molar-refractivity contribution in [2.75, 3.05) is 25.0 Å². The summed E-state index contributed by atoms with van der Waals surface area (Å²) in [5, 5.41) is 5.88. The van der Waals surface area contributed by atoms with Gasteiger partial charge in [-0.25, -0.2) is 0 Å². The van der Waals surface area contributed by atoms with Crippen molar-refractivity contribution in [3.8, 4) is 0 Å². The minimum Gasteiger partial charge on any atom is -0.469 e. The number of hydrogen-bond donors (Lipinski definition) is 2. The van der Waals surface area contributed by atoms with Gasteiger partial charge in [-0.3, -0.25) is 14.4 Å². The highest BCUT2D eigenvalue weighted by atomic mass is 32.2. The van der Waals surface area contributed by atoms with Crippen LogP contribution in [0.4, 0.5) is 5.69 Å². The molecule has 8 nitrogen and oxygen atoms in total. The molecule has 0 bridgehead atoms. The predicted molar refractivity (Wildman–Crippen MR) is 119 cm³/mol. The highest BCUT2D eigenvalue weighted by Gasteiger charge is 2.33. The fourth-order valence-electron chi connectivity index (χ4n) is 3.49. The molecule has 1 fully saturated rings. The van der Waals surface area contributed by atoms with E-state index < -0.39 is 5.25 Å². The Hall–Kier alpha value is -3.07. The maximum atomic E-state index is 12.4. The molecule has 9 heteroatoms. The van der Waals surface area contributed by atoms with Crippen molar-refractivity contribution < 1.29 is 18.8 Å². The van der Waals surface area contributed by atoms with E-state index in [0.29, 0.717) is 24.2 Å². The SMILES string of the molecule is O=C(CC1SC(N2CCCC2)=NC1=O)Nc1ccc(C(=O)NCCc2ccco2)cc1. The highest BCUT2D eigenvalue weighted by Crippen LogP contribution is 2.29. The molecule has 0 saturated carbocycles. The van der Waals surface area contributed by atoms with Crippen molar-refractivity contribution >= 4 is 40.3 Å². The van der Waals surface area contributed by atoms with Gasteiger partial charge in [0, 0.05) is 43.7 Å². The number of furan rings is 1. The summed E-state index contributed by atoms with van der Waals surface area (Å²) in [6.07, 6.45) is 4.51. The molecule has 31 heavy (non-hydrogen) atoms. The molecule has 1 aromatic heterocycles. The Bertz CT molecular complexity index is 966. The zero-order chi connectivity index (χ0) is 21.6. The first-order chi connectivity index (χ1) is 15.1. The molecule has 0 spiro atoms. The molecule has 3 amide bonds. The van der Waals surface area contributed by atoms with Gasteiger partial charge in [0.15, 0.2) is 5.17 Å². The van der Waals surface area contributed by atoms with Gasteiger partial charge in [-0.2, -0.15) is 4.99 Å². The molecule has 2 aromatic rings. The van der Waals surface area contributed by atoms with E-state index in [1.54, 1.807) is 30.5 Å². The van der Waals surface area contributed by atoms with Crippen molar-refractivity contribution in [3.63, 3.8) is 0 Å². The normalized spacial score (nSPS) is 18.2. The van der Waals surface area contributed by atoms with Crippen LogP contribution in [0.3, 0.4) is 0 Å². The van der Waals surface area contributed by atoms with Crippen LogP contribution >= 0.6 is 11.8 Å². The molecule has 0 radical (unpaired) electrons. The van der Waals surface area contributed by atoms with E-state index in [-0.39, 0.29) is 24.1 Å². The van der Waals surface area contributed by atoms with Crippen LogP contribution in [0.15, 0.2) is 52.1 Å². The largest absolute Gasteiger partial charge is 0.469 e. The number of thioether (sulfide) groups is 1. The number of carbonyl (C=O) groups excluding carboxylic acids is 3. The second kappa shape index (κ2) is 9.82. The summed E-state index contributed by atoms with van der Waals surface area (Å²) in [6, 6.07) is 10.3. The first-order valence-corrected chi connectivity index (χ1v) is 11.2. The van der Waals surface area contributed by atoms with E-state index in [1.807, 2.05) is 12.1 Å². The van der Waals surface area contributed by atoms with Gasteiger partial charge in [-0.15, -0.1) is 0 Å². The second-order valence-electron chi connectivity index (χ2n) is 7.45. The Labute approximate surface area is 184 Å². The smallest absolute Gasteiger partial charge is 0.262 e. The zero-order valence-electron chi connectivity index (χ0n) is 17.0. The predicted octanol–water partition coefficient (Wildman–Crippen LogP) is 2.67. The third-order valence-corrected chi connectivity index (χ3v) is 6.36. The zero-order valence-corrected chi connectivity index (χ0v) is 17.8. The molecular formula is C22H24N4O4S. The standard InChI is InChI=1S/C22H24N4O4S/c27-19(14-18-21(29)25-22(31-18)26-11-1-2-12-26)24-16-7-5-15(6-8-16)20(28)23-10-9-17-4-3-13-30-17/h3-8,13,18H,1-2,9-12,14H2,(H,23,28)(H,24,27). The molecule has 1 unspecified atom stereocenters. The second-order valence-corrected chi connectivity index (χ2v) is 8.62. The summed E-state index contributed by atoms with van der Waals surface area (Å²) >= 11 is 1.37.